The first-order valence-electron chi connectivity index (χ1n) is 24.4. The van der Waals surface area contributed by atoms with Crippen molar-refractivity contribution in [1.82, 2.24) is 4.90 Å². The van der Waals surface area contributed by atoms with Crippen LogP contribution in [0.4, 0.5) is 0 Å². The number of ether oxygens (including phenoxy) is 3. The molecule has 1 rings (SSSR count). The maximum Gasteiger partial charge on any atom is 0.306 e. The maximum absolute atomic E-state index is 12.0. The van der Waals surface area contributed by atoms with Crippen LogP contribution in [0.25, 0.3) is 0 Å². The molecule has 0 saturated heterocycles. The van der Waals surface area contributed by atoms with Crippen LogP contribution in [0.1, 0.15) is 239 Å². The van der Waals surface area contributed by atoms with Gasteiger partial charge in [0.25, 0.3) is 0 Å². The minimum Gasteiger partial charge on any atom is -0.461 e. The van der Waals surface area contributed by atoms with E-state index in [1.807, 2.05) is 6.08 Å². The zero-order valence-corrected chi connectivity index (χ0v) is 37.5. The van der Waals surface area contributed by atoms with Crippen LogP contribution in [0.15, 0.2) is 24.3 Å². The molecule has 324 valence electrons. The molecule has 0 spiro atoms. The van der Waals surface area contributed by atoms with Gasteiger partial charge in [-0.1, -0.05) is 192 Å². The van der Waals surface area contributed by atoms with Gasteiger partial charge in [-0.2, -0.15) is 0 Å². The predicted octanol–water partition coefficient (Wildman–Crippen LogP) is 15.3. The summed E-state index contributed by atoms with van der Waals surface area (Å²) in [5.74, 6) is 0.576. The fourth-order valence-electron chi connectivity index (χ4n) is 8.13. The molecule has 0 aliphatic heterocycles. The van der Waals surface area contributed by atoms with E-state index in [0.29, 0.717) is 19.6 Å². The van der Waals surface area contributed by atoms with Crippen LogP contribution in [0, 0.1) is 5.92 Å². The Balaban J connectivity index is 2.12. The van der Waals surface area contributed by atoms with E-state index in [9.17, 15) is 4.79 Å². The van der Waals surface area contributed by atoms with Gasteiger partial charge in [0.05, 0.1) is 13.2 Å². The van der Waals surface area contributed by atoms with E-state index in [4.69, 9.17) is 14.2 Å². The Morgan fingerprint density at radius 3 is 1.65 bits per heavy atom. The molecule has 0 aromatic carbocycles. The summed E-state index contributed by atoms with van der Waals surface area (Å²) in [7, 11) is 4.39. The van der Waals surface area contributed by atoms with Gasteiger partial charge in [0.1, 0.15) is 6.61 Å². The molecule has 0 N–H and O–H groups in total. The van der Waals surface area contributed by atoms with Crippen LogP contribution >= 0.6 is 0 Å². The van der Waals surface area contributed by atoms with Crippen molar-refractivity contribution in [3.05, 3.63) is 24.3 Å². The monoisotopic (exact) mass is 774 g/mol. The Morgan fingerprint density at radius 1 is 0.545 bits per heavy atom. The molecular weight excluding hydrogens is 679 g/mol. The van der Waals surface area contributed by atoms with Gasteiger partial charge in [-0.15, -0.1) is 0 Å². The lowest BCUT2D eigenvalue weighted by Crippen LogP contribution is -2.38. The zero-order chi connectivity index (χ0) is 39.8. The van der Waals surface area contributed by atoms with Crippen molar-refractivity contribution in [2.75, 3.05) is 40.5 Å². The van der Waals surface area contributed by atoms with Gasteiger partial charge in [-0.05, 0) is 77.9 Å². The third kappa shape index (κ3) is 34.6. The van der Waals surface area contributed by atoms with E-state index in [2.05, 4.69) is 51.1 Å². The third-order valence-corrected chi connectivity index (χ3v) is 11.8. The molecule has 0 amide bonds. The summed E-state index contributed by atoms with van der Waals surface area (Å²) in [6.45, 7) is 7.70. The van der Waals surface area contributed by atoms with Crippen LogP contribution in [0.3, 0.4) is 0 Å². The average Bonchev–Trinajstić information content (AvgIpc) is 3.18. The number of carbonyl (C=O) groups is 1. The lowest BCUT2D eigenvalue weighted by atomic mass is 9.89. The Morgan fingerprint density at radius 2 is 1.05 bits per heavy atom. The molecule has 1 fully saturated rings. The molecule has 0 radical (unpaired) electrons. The highest BCUT2D eigenvalue weighted by atomic mass is 16.7. The normalized spacial score (nSPS) is 15.1. The summed E-state index contributed by atoms with van der Waals surface area (Å²) < 4.78 is 18.2. The molecule has 1 saturated carbocycles. The van der Waals surface area contributed by atoms with E-state index in [0.717, 1.165) is 51.0 Å². The number of hydrogen-bond donors (Lipinski definition) is 0. The smallest absolute Gasteiger partial charge is 0.306 e. The number of rotatable bonds is 41. The molecule has 1 atom stereocenters. The highest BCUT2D eigenvalue weighted by Crippen LogP contribution is 2.33. The molecule has 1 aliphatic rings. The number of esters is 1. The van der Waals surface area contributed by atoms with Crippen LogP contribution < -0.4 is 0 Å². The maximum atomic E-state index is 12.0. The van der Waals surface area contributed by atoms with Gasteiger partial charge in [0.15, 0.2) is 5.79 Å². The second-order valence-corrected chi connectivity index (χ2v) is 17.4. The SMILES string of the molecule is CCCC/C=C\COC1(OCCCCCCCCCCC(CCCCCCCCCC(=O)OC/C=C\CCCCCC)CCCCCN(C)C)CCCCC1. The van der Waals surface area contributed by atoms with E-state index in [-0.39, 0.29) is 11.8 Å². The highest BCUT2D eigenvalue weighted by Gasteiger charge is 2.33. The van der Waals surface area contributed by atoms with Gasteiger partial charge in [-0.25, -0.2) is 0 Å². The van der Waals surface area contributed by atoms with Crippen molar-refractivity contribution in [2.24, 2.45) is 5.92 Å². The van der Waals surface area contributed by atoms with Gasteiger partial charge >= 0.3 is 5.97 Å². The van der Waals surface area contributed by atoms with E-state index in [1.54, 1.807) is 0 Å². The summed E-state index contributed by atoms with van der Waals surface area (Å²) in [6, 6.07) is 0. The number of carbonyl (C=O) groups excluding carboxylic acids is 1. The molecule has 1 aliphatic carbocycles. The standard InChI is InChI=1S/C50H95NO4/c1-5-7-9-11-18-24-35-45-53-49(52)41-31-22-17-14-16-21-29-39-48(40-30-26-34-44-51(3)4)38-28-20-15-12-13-19-25-37-47-55-50(42-32-27-33-43-50)54-46-36-23-10-8-6-2/h23-24,35-36,48H,5-22,25-34,37-47H2,1-4H3/b35-24-,36-23-. The Kier molecular flexibility index (Phi) is 37.4. The first kappa shape index (κ1) is 51.8. The third-order valence-electron chi connectivity index (χ3n) is 11.8. The van der Waals surface area contributed by atoms with Gasteiger partial charge in [0.2, 0.25) is 0 Å². The van der Waals surface area contributed by atoms with Gasteiger partial charge < -0.3 is 19.1 Å². The molecule has 5 nitrogen and oxygen atoms in total. The fourth-order valence-corrected chi connectivity index (χ4v) is 8.13. The molecular formula is C50H95NO4. The van der Waals surface area contributed by atoms with Crippen molar-refractivity contribution in [3.63, 3.8) is 0 Å². The summed E-state index contributed by atoms with van der Waals surface area (Å²) in [6.07, 6.45) is 53.1. The van der Waals surface area contributed by atoms with E-state index < -0.39 is 0 Å². The minimum atomic E-state index is -0.318. The van der Waals surface area contributed by atoms with E-state index >= 15 is 0 Å². The van der Waals surface area contributed by atoms with Crippen molar-refractivity contribution in [2.45, 2.75) is 244 Å². The van der Waals surface area contributed by atoms with Crippen LogP contribution in [0.2, 0.25) is 0 Å². The molecule has 0 aromatic heterocycles. The number of hydrogen-bond acceptors (Lipinski definition) is 5. The molecule has 0 aromatic rings. The topological polar surface area (TPSA) is 48.0 Å². The average molecular weight is 774 g/mol. The Bertz CT molecular complexity index is 864. The predicted molar refractivity (Wildman–Crippen MR) is 239 cm³/mol. The fraction of sp³-hybridized carbons (Fsp3) is 0.900. The molecule has 0 bridgehead atoms. The van der Waals surface area contributed by atoms with Gasteiger partial charge in [0, 0.05) is 19.3 Å². The lowest BCUT2D eigenvalue weighted by molar-refractivity contribution is -0.247. The zero-order valence-electron chi connectivity index (χ0n) is 37.5. The first-order chi connectivity index (χ1) is 27.0. The second-order valence-electron chi connectivity index (χ2n) is 17.4. The van der Waals surface area contributed by atoms with Gasteiger partial charge in [-0.3, -0.25) is 4.79 Å². The van der Waals surface area contributed by atoms with Crippen LogP contribution in [-0.2, 0) is 19.0 Å². The molecule has 0 heterocycles. The Hall–Kier alpha value is -1.17. The number of allylic oxidation sites excluding steroid dienone is 2. The van der Waals surface area contributed by atoms with Crippen molar-refractivity contribution in [1.29, 1.82) is 0 Å². The summed E-state index contributed by atoms with van der Waals surface area (Å²) in [5, 5.41) is 0. The number of nitrogens with zero attached hydrogens (tertiary/aromatic N) is 1. The van der Waals surface area contributed by atoms with Crippen LogP contribution in [-0.4, -0.2) is 57.1 Å². The van der Waals surface area contributed by atoms with Crippen molar-refractivity contribution in [3.8, 4) is 0 Å². The van der Waals surface area contributed by atoms with Crippen molar-refractivity contribution >= 4 is 5.97 Å². The largest absolute Gasteiger partial charge is 0.461 e. The summed E-state index contributed by atoms with van der Waals surface area (Å²) >= 11 is 0. The summed E-state index contributed by atoms with van der Waals surface area (Å²) in [4.78, 5) is 14.3. The molecule has 5 heteroatoms. The van der Waals surface area contributed by atoms with Crippen molar-refractivity contribution < 1.29 is 19.0 Å². The lowest BCUT2D eigenvalue weighted by Gasteiger charge is -2.36. The van der Waals surface area contributed by atoms with E-state index in [1.165, 1.54) is 186 Å². The minimum absolute atomic E-state index is 0.0320. The highest BCUT2D eigenvalue weighted by molar-refractivity contribution is 5.69. The quantitative estimate of drug-likeness (QED) is 0.0268. The first-order valence-corrected chi connectivity index (χ1v) is 24.4. The Labute approximate surface area is 343 Å². The molecule has 55 heavy (non-hydrogen) atoms. The van der Waals surface area contributed by atoms with Crippen LogP contribution in [0.5, 0.6) is 0 Å². The molecule has 1 unspecified atom stereocenters. The summed E-state index contributed by atoms with van der Waals surface area (Å²) in [5.41, 5.74) is 0. The second kappa shape index (κ2) is 39.6. The number of unbranched alkanes of at least 4 members (excludes halogenated alkanes) is 21.